The Morgan fingerprint density at radius 1 is 1.20 bits per heavy atom. The molecule has 1 aromatic heterocycles. The van der Waals surface area contributed by atoms with Crippen LogP contribution in [0.3, 0.4) is 0 Å². The third kappa shape index (κ3) is 1.96. The smallest absolute Gasteiger partial charge is 0.292 e. The number of aromatic nitrogens is 1. The highest BCUT2D eigenvalue weighted by Gasteiger charge is 2.11. The molecule has 0 spiro atoms. The Kier molecular flexibility index (Phi) is 2.37. The van der Waals surface area contributed by atoms with Crippen LogP contribution in [-0.2, 0) is 0 Å². The Morgan fingerprint density at radius 3 is 2.67 bits per heavy atom. The molecule has 2 aromatic rings. The van der Waals surface area contributed by atoms with Gasteiger partial charge in [-0.3, -0.25) is 10.1 Å². The summed E-state index contributed by atoms with van der Waals surface area (Å²) in [5, 5.41) is 13.6. The predicted octanol–water partition coefficient (Wildman–Crippen LogP) is 2.67. The van der Waals surface area contributed by atoms with Gasteiger partial charge in [-0.15, -0.1) is 0 Å². The summed E-state index contributed by atoms with van der Waals surface area (Å²) in [4.78, 5) is 13.2. The molecular weight excluding hydrogens is 194 g/mol. The molecule has 0 saturated carbocycles. The van der Waals surface area contributed by atoms with Crippen molar-refractivity contribution in [3.8, 4) is 0 Å². The number of hydrogen-bond donors (Lipinski definition) is 2. The highest BCUT2D eigenvalue weighted by Crippen LogP contribution is 2.25. The molecule has 0 aliphatic carbocycles. The Hall–Kier alpha value is -2.30. The standard InChI is InChI=1S/C10H9N3O2/c14-13(15)9-5-2-1-4-8(9)12-10-6-3-7-11-10/h1-7,11-12H. The van der Waals surface area contributed by atoms with Gasteiger partial charge in [0, 0.05) is 12.3 Å². The van der Waals surface area contributed by atoms with Crippen molar-refractivity contribution < 1.29 is 4.92 Å². The molecule has 0 amide bonds. The number of nitro groups is 1. The minimum atomic E-state index is -0.411. The van der Waals surface area contributed by atoms with Crippen LogP contribution in [-0.4, -0.2) is 9.91 Å². The summed E-state index contributed by atoms with van der Waals surface area (Å²) in [7, 11) is 0. The van der Waals surface area contributed by atoms with Gasteiger partial charge in [-0.05, 0) is 18.2 Å². The topological polar surface area (TPSA) is 71.0 Å². The van der Waals surface area contributed by atoms with Gasteiger partial charge in [-0.25, -0.2) is 0 Å². The number of H-pyrrole nitrogens is 1. The molecule has 5 nitrogen and oxygen atoms in total. The third-order valence-corrected chi connectivity index (χ3v) is 1.97. The van der Waals surface area contributed by atoms with E-state index in [2.05, 4.69) is 10.3 Å². The van der Waals surface area contributed by atoms with E-state index in [-0.39, 0.29) is 5.69 Å². The molecule has 1 heterocycles. The van der Waals surface area contributed by atoms with Crippen molar-refractivity contribution in [1.82, 2.24) is 4.98 Å². The number of nitro benzene ring substituents is 1. The molecule has 2 rings (SSSR count). The largest absolute Gasteiger partial charge is 0.348 e. The first-order valence-corrected chi connectivity index (χ1v) is 4.41. The summed E-state index contributed by atoms with van der Waals surface area (Å²) < 4.78 is 0. The predicted molar refractivity (Wildman–Crippen MR) is 57.2 cm³/mol. The molecule has 76 valence electrons. The zero-order valence-electron chi connectivity index (χ0n) is 7.81. The fourth-order valence-electron chi connectivity index (χ4n) is 1.29. The fraction of sp³-hybridized carbons (Fsp3) is 0. The van der Waals surface area contributed by atoms with E-state index in [1.807, 2.05) is 6.07 Å². The molecule has 5 heteroatoms. The molecule has 1 aromatic carbocycles. The van der Waals surface area contributed by atoms with Gasteiger partial charge in [-0.1, -0.05) is 12.1 Å². The second kappa shape index (κ2) is 3.83. The van der Waals surface area contributed by atoms with E-state index in [0.29, 0.717) is 5.69 Å². The van der Waals surface area contributed by atoms with Crippen LogP contribution in [0.1, 0.15) is 0 Å². The number of nitrogens with zero attached hydrogens (tertiary/aromatic N) is 1. The summed E-state index contributed by atoms with van der Waals surface area (Å²) in [5.41, 5.74) is 0.539. The maximum Gasteiger partial charge on any atom is 0.292 e. The minimum absolute atomic E-state index is 0.0621. The SMILES string of the molecule is O=[N+]([O-])c1ccccc1Nc1ccc[nH]1. The number of nitrogens with one attached hydrogen (secondary N) is 2. The van der Waals surface area contributed by atoms with Gasteiger partial charge in [-0.2, -0.15) is 0 Å². The Morgan fingerprint density at radius 2 is 2.00 bits per heavy atom. The number of anilines is 2. The van der Waals surface area contributed by atoms with Crippen molar-refractivity contribution in [2.45, 2.75) is 0 Å². The van der Waals surface area contributed by atoms with Crippen LogP contribution in [0.25, 0.3) is 0 Å². The average molecular weight is 203 g/mol. The summed E-state index contributed by atoms with van der Waals surface area (Å²) in [6, 6.07) is 10.1. The van der Waals surface area contributed by atoms with E-state index in [4.69, 9.17) is 0 Å². The van der Waals surface area contributed by atoms with Crippen LogP contribution < -0.4 is 5.32 Å². The Balaban J connectivity index is 2.32. The summed E-state index contributed by atoms with van der Waals surface area (Å²) in [5.74, 6) is 0.726. The number of benzene rings is 1. The second-order valence-electron chi connectivity index (χ2n) is 2.98. The zero-order chi connectivity index (χ0) is 10.7. The molecule has 15 heavy (non-hydrogen) atoms. The van der Waals surface area contributed by atoms with Crippen LogP contribution in [0.15, 0.2) is 42.6 Å². The first kappa shape index (κ1) is 9.26. The normalized spacial score (nSPS) is 9.87. The van der Waals surface area contributed by atoms with Crippen molar-refractivity contribution in [3.05, 3.63) is 52.7 Å². The molecule has 0 atom stereocenters. The zero-order valence-corrected chi connectivity index (χ0v) is 7.81. The number of para-hydroxylation sites is 2. The van der Waals surface area contributed by atoms with Gasteiger partial charge < -0.3 is 10.3 Å². The summed E-state index contributed by atoms with van der Waals surface area (Å²) in [6.45, 7) is 0. The fourth-order valence-corrected chi connectivity index (χ4v) is 1.29. The van der Waals surface area contributed by atoms with Crippen LogP contribution in [0.2, 0.25) is 0 Å². The summed E-state index contributed by atoms with van der Waals surface area (Å²) >= 11 is 0. The van der Waals surface area contributed by atoms with E-state index in [0.717, 1.165) is 5.82 Å². The van der Waals surface area contributed by atoms with E-state index < -0.39 is 4.92 Å². The molecule has 0 radical (unpaired) electrons. The highest BCUT2D eigenvalue weighted by atomic mass is 16.6. The van der Waals surface area contributed by atoms with E-state index in [9.17, 15) is 10.1 Å². The van der Waals surface area contributed by atoms with Crippen molar-refractivity contribution >= 4 is 17.2 Å². The lowest BCUT2D eigenvalue weighted by Crippen LogP contribution is -1.96. The van der Waals surface area contributed by atoms with Crippen LogP contribution in [0.4, 0.5) is 17.2 Å². The summed E-state index contributed by atoms with van der Waals surface area (Å²) in [6.07, 6.45) is 1.75. The first-order chi connectivity index (χ1) is 7.27. The van der Waals surface area contributed by atoms with E-state index >= 15 is 0 Å². The van der Waals surface area contributed by atoms with Crippen molar-refractivity contribution in [2.75, 3.05) is 5.32 Å². The molecule has 0 unspecified atom stereocenters. The van der Waals surface area contributed by atoms with Gasteiger partial charge in [0.05, 0.1) is 4.92 Å². The maximum atomic E-state index is 10.7. The Bertz CT molecular complexity index is 465. The van der Waals surface area contributed by atoms with Gasteiger partial charge in [0.1, 0.15) is 11.5 Å². The van der Waals surface area contributed by atoms with Crippen LogP contribution in [0.5, 0.6) is 0 Å². The van der Waals surface area contributed by atoms with E-state index in [1.54, 1.807) is 30.5 Å². The third-order valence-electron chi connectivity index (χ3n) is 1.97. The molecule has 0 bridgehead atoms. The quantitative estimate of drug-likeness (QED) is 0.595. The van der Waals surface area contributed by atoms with Crippen LogP contribution in [0, 0.1) is 10.1 Å². The maximum absolute atomic E-state index is 10.7. The monoisotopic (exact) mass is 203 g/mol. The van der Waals surface area contributed by atoms with Crippen molar-refractivity contribution in [3.63, 3.8) is 0 Å². The lowest BCUT2D eigenvalue weighted by Gasteiger charge is -2.03. The van der Waals surface area contributed by atoms with Crippen molar-refractivity contribution in [2.24, 2.45) is 0 Å². The Labute approximate surface area is 85.9 Å². The van der Waals surface area contributed by atoms with Crippen molar-refractivity contribution in [1.29, 1.82) is 0 Å². The lowest BCUT2D eigenvalue weighted by molar-refractivity contribution is -0.383. The van der Waals surface area contributed by atoms with Gasteiger partial charge in [0.25, 0.3) is 5.69 Å². The van der Waals surface area contributed by atoms with E-state index in [1.165, 1.54) is 6.07 Å². The molecule has 0 fully saturated rings. The highest BCUT2D eigenvalue weighted by molar-refractivity contribution is 5.67. The molecule has 0 aliphatic rings. The molecule has 2 N–H and O–H groups in total. The molecule has 0 aliphatic heterocycles. The van der Waals surface area contributed by atoms with Crippen LogP contribution >= 0.6 is 0 Å². The van der Waals surface area contributed by atoms with Gasteiger partial charge >= 0.3 is 0 Å². The molecular formula is C10H9N3O2. The van der Waals surface area contributed by atoms with Gasteiger partial charge in [0.2, 0.25) is 0 Å². The number of aromatic amines is 1. The lowest BCUT2D eigenvalue weighted by atomic mass is 10.2. The molecule has 0 saturated heterocycles. The number of rotatable bonds is 3. The van der Waals surface area contributed by atoms with Gasteiger partial charge in [0.15, 0.2) is 0 Å². The number of hydrogen-bond acceptors (Lipinski definition) is 3. The second-order valence-corrected chi connectivity index (χ2v) is 2.98. The minimum Gasteiger partial charge on any atom is -0.348 e. The first-order valence-electron chi connectivity index (χ1n) is 4.41. The average Bonchev–Trinajstić information content (AvgIpc) is 2.71.